The Hall–Kier alpha value is -1.88. The molecule has 2 aromatic rings. The van der Waals surface area contributed by atoms with Gasteiger partial charge in [-0.3, -0.25) is 0 Å². The van der Waals surface area contributed by atoms with Gasteiger partial charge in [0.1, 0.15) is 10.6 Å². The van der Waals surface area contributed by atoms with Crippen LogP contribution in [-0.4, -0.2) is 34.7 Å². The second-order valence-electron chi connectivity index (χ2n) is 6.79. The summed E-state index contributed by atoms with van der Waals surface area (Å²) >= 11 is 1.65. The third-order valence-electron chi connectivity index (χ3n) is 3.84. The highest BCUT2D eigenvalue weighted by atomic mass is 32.1. The van der Waals surface area contributed by atoms with E-state index in [2.05, 4.69) is 23.2 Å². The largest absolute Gasteiger partial charge is 0.444 e. The molecule has 1 aliphatic heterocycles. The monoisotopic (exact) mass is 330 g/mol. The van der Waals surface area contributed by atoms with Crippen LogP contribution in [-0.2, 0) is 17.6 Å². The van der Waals surface area contributed by atoms with Crippen LogP contribution in [0.5, 0.6) is 0 Å². The number of nitrogens with zero attached hydrogens (tertiary/aromatic N) is 2. The van der Waals surface area contributed by atoms with Gasteiger partial charge in [-0.1, -0.05) is 12.1 Å². The van der Waals surface area contributed by atoms with Crippen molar-refractivity contribution in [1.82, 2.24) is 9.88 Å². The van der Waals surface area contributed by atoms with Crippen LogP contribution in [0.1, 0.15) is 31.9 Å². The van der Waals surface area contributed by atoms with Gasteiger partial charge >= 0.3 is 6.09 Å². The molecule has 1 aromatic heterocycles. The Morgan fingerprint density at radius 1 is 1.22 bits per heavy atom. The minimum absolute atomic E-state index is 0.217. The van der Waals surface area contributed by atoms with Gasteiger partial charge in [-0.05, 0) is 50.8 Å². The van der Waals surface area contributed by atoms with Crippen molar-refractivity contribution in [1.29, 1.82) is 0 Å². The van der Waals surface area contributed by atoms with Gasteiger partial charge in [-0.25, -0.2) is 9.78 Å². The number of ether oxygens (including phenoxy) is 1. The second kappa shape index (κ2) is 6.32. The predicted octanol–water partition coefficient (Wildman–Crippen LogP) is 4.15. The van der Waals surface area contributed by atoms with Crippen molar-refractivity contribution in [2.75, 3.05) is 13.1 Å². The molecule has 3 rings (SSSR count). The Bertz CT molecular complexity index is 690. The number of fused-ring (bicyclic) bond motifs is 1. The molecule has 1 aliphatic rings. The molecule has 2 heterocycles. The first kappa shape index (κ1) is 16.0. The van der Waals surface area contributed by atoms with Gasteiger partial charge in [-0.15, -0.1) is 11.3 Å². The molecule has 0 radical (unpaired) electrons. The summed E-state index contributed by atoms with van der Waals surface area (Å²) in [5.74, 6) is 0. The lowest BCUT2D eigenvalue weighted by Crippen LogP contribution is -2.38. The summed E-state index contributed by atoms with van der Waals surface area (Å²) in [5.41, 5.74) is 3.33. The SMILES string of the molecule is CC(C)(C)OC(=O)N1CCc2ccc(-c3nccs3)cc2CC1. The van der Waals surface area contributed by atoms with E-state index < -0.39 is 5.60 Å². The van der Waals surface area contributed by atoms with E-state index in [1.807, 2.05) is 37.2 Å². The fraction of sp³-hybridized carbons (Fsp3) is 0.444. The highest BCUT2D eigenvalue weighted by molar-refractivity contribution is 7.13. The van der Waals surface area contributed by atoms with E-state index in [-0.39, 0.29) is 6.09 Å². The Morgan fingerprint density at radius 2 is 1.96 bits per heavy atom. The Kier molecular flexibility index (Phi) is 4.39. The molecule has 0 N–H and O–H groups in total. The zero-order valence-corrected chi connectivity index (χ0v) is 14.7. The molecule has 0 saturated carbocycles. The van der Waals surface area contributed by atoms with Crippen LogP contribution in [0.4, 0.5) is 4.79 Å². The molecule has 0 atom stereocenters. The lowest BCUT2D eigenvalue weighted by atomic mass is 10.0. The molecule has 1 aromatic carbocycles. The zero-order valence-electron chi connectivity index (χ0n) is 13.8. The summed E-state index contributed by atoms with van der Waals surface area (Å²) in [6, 6.07) is 6.51. The van der Waals surface area contributed by atoms with Gasteiger partial charge in [0.2, 0.25) is 0 Å². The van der Waals surface area contributed by atoms with E-state index in [4.69, 9.17) is 4.74 Å². The lowest BCUT2D eigenvalue weighted by molar-refractivity contribution is 0.0258. The first-order valence-electron chi connectivity index (χ1n) is 7.92. The minimum atomic E-state index is -0.450. The summed E-state index contributed by atoms with van der Waals surface area (Å²) < 4.78 is 5.49. The van der Waals surface area contributed by atoms with Crippen LogP contribution in [0, 0.1) is 0 Å². The maximum atomic E-state index is 12.3. The molecule has 0 unspecified atom stereocenters. The summed E-state index contributed by atoms with van der Waals surface area (Å²) in [6.07, 6.45) is 3.33. The highest BCUT2D eigenvalue weighted by Gasteiger charge is 2.24. The van der Waals surface area contributed by atoms with E-state index in [1.165, 1.54) is 11.1 Å². The number of aromatic nitrogens is 1. The second-order valence-corrected chi connectivity index (χ2v) is 7.68. The van der Waals surface area contributed by atoms with Crippen molar-refractivity contribution in [2.24, 2.45) is 0 Å². The molecular weight excluding hydrogens is 308 g/mol. The van der Waals surface area contributed by atoms with E-state index in [9.17, 15) is 4.79 Å². The van der Waals surface area contributed by atoms with Gasteiger partial charge in [0.05, 0.1) is 0 Å². The molecule has 0 fully saturated rings. The molecule has 5 heteroatoms. The van der Waals surface area contributed by atoms with Crippen molar-refractivity contribution < 1.29 is 9.53 Å². The van der Waals surface area contributed by atoms with E-state index in [0.29, 0.717) is 13.1 Å². The van der Waals surface area contributed by atoms with E-state index in [0.717, 1.165) is 23.4 Å². The quantitative estimate of drug-likeness (QED) is 0.789. The summed E-state index contributed by atoms with van der Waals surface area (Å²) in [4.78, 5) is 18.5. The third kappa shape index (κ3) is 3.91. The molecule has 23 heavy (non-hydrogen) atoms. The number of carbonyl (C=O) groups is 1. The van der Waals surface area contributed by atoms with Crippen LogP contribution in [0.25, 0.3) is 10.6 Å². The van der Waals surface area contributed by atoms with Gasteiger partial charge in [0, 0.05) is 30.2 Å². The Balaban J connectivity index is 1.74. The molecular formula is C18H22N2O2S. The third-order valence-corrected chi connectivity index (χ3v) is 4.66. The normalized spacial score (nSPS) is 15.0. The minimum Gasteiger partial charge on any atom is -0.444 e. The van der Waals surface area contributed by atoms with Crippen molar-refractivity contribution in [3.8, 4) is 10.6 Å². The summed E-state index contributed by atoms with van der Waals surface area (Å²) in [6.45, 7) is 7.11. The molecule has 0 aliphatic carbocycles. The zero-order chi connectivity index (χ0) is 16.4. The fourth-order valence-electron chi connectivity index (χ4n) is 2.73. The number of rotatable bonds is 1. The maximum absolute atomic E-state index is 12.3. The van der Waals surface area contributed by atoms with Crippen LogP contribution < -0.4 is 0 Å². The van der Waals surface area contributed by atoms with Crippen molar-refractivity contribution in [3.05, 3.63) is 40.9 Å². The molecule has 0 saturated heterocycles. The van der Waals surface area contributed by atoms with E-state index >= 15 is 0 Å². The van der Waals surface area contributed by atoms with Gasteiger partial charge < -0.3 is 9.64 Å². The number of thiazole rings is 1. The molecule has 4 nitrogen and oxygen atoms in total. The van der Waals surface area contributed by atoms with Crippen LogP contribution in [0.15, 0.2) is 29.8 Å². The number of hydrogen-bond donors (Lipinski definition) is 0. The first-order chi connectivity index (χ1) is 10.9. The van der Waals surface area contributed by atoms with Crippen molar-refractivity contribution in [3.63, 3.8) is 0 Å². The summed E-state index contributed by atoms with van der Waals surface area (Å²) in [5, 5.41) is 3.03. The number of benzene rings is 1. The Morgan fingerprint density at radius 3 is 2.61 bits per heavy atom. The average molecular weight is 330 g/mol. The van der Waals surface area contributed by atoms with Crippen LogP contribution >= 0.6 is 11.3 Å². The van der Waals surface area contributed by atoms with Gasteiger partial charge in [0.25, 0.3) is 0 Å². The topological polar surface area (TPSA) is 42.4 Å². The number of hydrogen-bond acceptors (Lipinski definition) is 4. The number of amides is 1. The molecule has 0 bridgehead atoms. The lowest BCUT2D eigenvalue weighted by Gasteiger charge is -2.26. The van der Waals surface area contributed by atoms with Crippen molar-refractivity contribution in [2.45, 2.75) is 39.2 Å². The number of carbonyl (C=O) groups excluding carboxylic acids is 1. The van der Waals surface area contributed by atoms with Crippen LogP contribution in [0.2, 0.25) is 0 Å². The van der Waals surface area contributed by atoms with Gasteiger partial charge in [0.15, 0.2) is 0 Å². The van der Waals surface area contributed by atoms with Crippen molar-refractivity contribution >= 4 is 17.4 Å². The molecule has 1 amide bonds. The average Bonchev–Trinajstić information content (AvgIpc) is 2.92. The highest BCUT2D eigenvalue weighted by Crippen LogP contribution is 2.26. The first-order valence-corrected chi connectivity index (χ1v) is 8.80. The smallest absolute Gasteiger partial charge is 0.410 e. The summed E-state index contributed by atoms with van der Waals surface area (Å²) in [7, 11) is 0. The Labute approximate surface area is 141 Å². The molecule has 122 valence electrons. The van der Waals surface area contributed by atoms with E-state index in [1.54, 1.807) is 11.3 Å². The molecule has 0 spiro atoms. The standard InChI is InChI=1S/C18H22N2O2S/c1-18(2,3)22-17(21)20-9-6-13-4-5-15(12-14(13)7-10-20)16-19-8-11-23-16/h4-5,8,11-12H,6-7,9-10H2,1-3H3. The van der Waals surface area contributed by atoms with Gasteiger partial charge in [-0.2, -0.15) is 0 Å². The maximum Gasteiger partial charge on any atom is 0.410 e. The predicted molar refractivity (Wildman–Crippen MR) is 92.8 cm³/mol. The van der Waals surface area contributed by atoms with Crippen LogP contribution in [0.3, 0.4) is 0 Å². The fourth-order valence-corrected chi connectivity index (χ4v) is 3.37.